The number of methoxy groups -OCH3 is 1. The van der Waals surface area contributed by atoms with Crippen LogP contribution in [0.5, 0.6) is 6.01 Å². The Bertz CT molecular complexity index is 662. The van der Waals surface area contributed by atoms with Crippen molar-refractivity contribution in [2.75, 3.05) is 17.7 Å². The SMILES string of the molecule is COc1ncc(NC(=O)Nc2ccc(SC(F)(F)F)cc2)cn1. The van der Waals surface area contributed by atoms with Gasteiger partial charge in [-0.2, -0.15) is 13.2 Å². The summed E-state index contributed by atoms with van der Waals surface area (Å²) in [7, 11) is 1.41. The van der Waals surface area contributed by atoms with Gasteiger partial charge in [0.25, 0.3) is 0 Å². The van der Waals surface area contributed by atoms with Crippen molar-refractivity contribution in [3.05, 3.63) is 36.7 Å². The molecule has 6 nitrogen and oxygen atoms in total. The number of carbonyl (C=O) groups excluding carboxylic acids is 1. The van der Waals surface area contributed by atoms with Crippen molar-refractivity contribution in [2.24, 2.45) is 0 Å². The Kier molecular flexibility index (Phi) is 5.27. The van der Waals surface area contributed by atoms with Crippen LogP contribution < -0.4 is 15.4 Å². The number of aromatic nitrogens is 2. The van der Waals surface area contributed by atoms with E-state index in [-0.39, 0.29) is 22.7 Å². The lowest BCUT2D eigenvalue weighted by molar-refractivity contribution is -0.0328. The van der Waals surface area contributed by atoms with E-state index in [9.17, 15) is 18.0 Å². The number of amides is 2. The Hall–Kier alpha value is -2.49. The third-order valence-corrected chi connectivity index (χ3v) is 3.15. The lowest BCUT2D eigenvalue weighted by atomic mass is 10.3. The average molecular weight is 344 g/mol. The minimum atomic E-state index is -4.35. The maximum absolute atomic E-state index is 12.2. The number of rotatable bonds is 4. The van der Waals surface area contributed by atoms with Gasteiger partial charge in [0.15, 0.2) is 0 Å². The van der Waals surface area contributed by atoms with Crippen LogP contribution in [0.4, 0.5) is 29.3 Å². The highest BCUT2D eigenvalue weighted by Crippen LogP contribution is 2.37. The van der Waals surface area contributed by atoms with Crippen molar-refractivity contribution in [1.82, 2.24) is 9.97 Å². The fourth-order valence-electron chi connectivity index (χ4n) is 1.52. The zero-order valence-corrected chi connectivity index (χ0v) is 12.5. The summed E-state index contributed by atoms with van der Waals surface area (Å²) in [6.45, 7) is 0. The summed E-state index contributed by atoms with van der Waals surface area (Å²) >= 11 is -0.222. The van der Waals surface area contributed by atoms with Crippen LogP contribution in [0.3, 0.4) is 0 Å². The zero-order valence-electron chi connectivity index (χ0n) is 11.7. The van der Waals surface area contributed by atoms with Gasteiger partial charge in [-0.1, -0.05) is 0 Å². The molecule has 0 unspecified atom stereocenters. The maximum Gasteiger partial charge on any atom is 0.446 e. The van der Waals surface area contributed by atoms with E-state index < -0.39 is 11.5 Å². The van der Waals surface area contributed by atoms with Gasteiger partial charge in [-0.15, -0.1) is 0 Å². The second-order valence-corrected chi connectivity index (χ2v) is 5.25. The van der Waals surface area contributed by atoms with E-state index in [1.165, 1.54) is 43.8 Å². The molecule has 0 aliphatic carbocycles. The van der Waals surface area contributed by atoms with Gasteiger partial charge in [-0.05, 0) is 36.0 Å². The monoisotopic (exact) mass is 344 g/mol. The first kappa shape index (κ1) is 16.9. The summed E-state index contributed by atoms with van der Waals surface area (Å²) in [5, 5.41) is 4.96. The normalized spacial score (nSPS) is 11.0. The summed E-state index contributed by atoms with van der Waals surface area (Å²) < 4.78 is 41.4. The standard InChI is InChI=1S/C13H11F3N4O2S/c1-22-12-17-6-9(7-18-12)20-11(21)19-8-2-4-10(5-3-8)23-13(14,15)16/h2-7H,1H3,(H2,19,20,21). The topological polar surface area (TPSA) is 76.1 Å². The molecule has 0 bridgehead atoms. The van der Waals surface area contributed by atoms with E-state index in [0.29, 0.717) is 11.4 Å². The predicted molar refractivity (Wildman–Crippen MR) is 79.6 cm³/mol. The number of benzene rings is 1. The maximum atomic E-state index is 12.2. The van der Waals surface area contributed by atoms with Crippen LogP contribution in [-0.2, 0) is 0 Å². The number of hydrogen-bond donors (Lipinski definition) is 2. The van der Waals surface area contributed by atoms with Gasteiger partial charge >= 0.3 is 17.5 Å². The van der Waals surface area contributed by atoms with Gasteiger partial charge in [0.1, 0.15) is 0 Å². The molecule has 1 aromatic carbocycles. The molecule has 0 radical (unpaired) electrons. The Morgan fingerprint density at radius 1 is 1.09 bits per heavy atom. The van der Waals surface area contributed by atoms with Crippen molar-refractivity contribution in [3.8, 4) is 6.01 Å². The molecule has 2 N–H and O–H groups in total. The van der Waals surface area contributed by atoms with E-state index in [4.69, 9.17) is 4.74 Å². The second-order valence-electron chi connectivity index (χ2n) is 4.11. The molecule has 0 aliphatic heterocycles. The number of urea groups is 1. The minimum Gasteiger partial charge on any atom is -0.467 e. The van der Waals surface area contributed by atoms with Gasteiger partial charge in [-0.25, -0.2) is 14.8 Å². The van der Waals surface area contributed by atoms with Crippen LogP contribution in [0, 0.1) is 0 Å². The van der Waals surface area contributed by atoms with Crippen LogP contribution in [0.25, 0.3) is 0 Å². The molecule has 23 heavy (non-hydrogen) atoms. The number of anilines is 2. The predicted octanol–water partition coefficient (Wildman–Crippen LogP) is 3.74. The molecular formula is C13H11F3N4O2S. The highest BCUT2D eigenvalue weighted by Gasteiger charge is 2.29. The van der Waals surface area contributed by atoms with Crippen LogP contribution >= 0.6 is 11.8 Å². The van der Waals surface area contributed by atoms with Gasteiger partial charge < -0.3 is 15.4 Å². The zero-order chi connectivity index (χ0) is 16.9. The Morgan fingerprint density at radius 3 is 2.17 bits per heavy atom. The summed E-state index contributed by atoms with van der Waals surface area (Å²) in [4.78, 5) is 19.4. The third-order valence-electron chi connectivity index (χ3n) is 2.41. The number of carbonyl (C=O) groups is 1. The molecule has 10 heteroatoms. The minimum absolute atomic E-state index is 0.0343. The highest BCUT2D eigenvalue weighted by molar-refractivity contribution is 8.00. The molecule has 2 amide bonds. The van der Waals surface area contributed by atoms with Crippen molar-refractivity contribution < 1.29 is 22.7 Å². The summed E-state index contributed by atoms with van der Waals surface area (Å²) in [5.41, 5.74) is -3.66. The summed E-state index contributed by atoms with van der Waals surface area (Å²) in [6.07, 6.45) is 2.71. The lowest BCUT2D eigenvalue weighted by Crippen LogP contribution is -2.19. The smallest absolute Gasteiger partial charge is 0.446 e. The number of nitrogens with zero attached hydrogens (tertiary/aromatic N) is 2. The van der Waals surface area contributed by atoms with Crippen molar-refractivity contribution >= 4 is 29.2 Å². The first-order valence-corrected chi connectivity index (χ1v) is 6.97. The average Bonchev–Trinajstić information content (AvgIpc) is 2.48. The molecule has 0 fully saturated rings. The fourth-order valence-corrected chi connectivity index (χ4v) is 2.06. The van der Waals surface area contributed by atoms with E-state index >= 15 is 0 Å². The molecule has 2 rings (SSSR count). The van der Waals surface area contributed by atoms with Gasteiger partial charge in [0.05, 0.1) is 25.2 Å². The molecule has 2 aromatic rings. The fraction of sp³-hybridized carbons (Fsp3) is 0.154. The van der Waals surface area contributed by atoms with Crippen LogP contribution in [0.1, 0.15) is 0 Å². The van der Waals surface area contributed by atoms with Crippen molar-refractivity contribution in [1.29, 1.82) is 0 Å². The first-order valence-electron chi connectivity index (χ1n) is 6.15. The number of nitrogens with one attached hydrogen (secondary N) is 2. The first-order chi connectivity index (χ1) is 10.9. The largest absolute Gasteiger partial charge is 0.467 e. The number of alkyl halides is 3. The van der Waals surface area contributed by atoms with Crippen LogP contribution in [-0.4, -0.2) is 28.6 Å². The molecule has 0 atom stereocenters. The quantitative estimate of drug-likeness (QED) is 0.827. The molecule has 1 heterocycles. The third kappa shape index (κ3) is 5.66. The van der Waals surface area contributed by atoms with E-state index in [0.717, 1.165) is 0 Å². The van der Waals surface area contributed by atoms with Crippen LogP contribution in [0.15, 0.2) is 41.6 Å². The summed E-state index contributed by atoms with van der Waals surface area (Å²) in [6, 6.07) is 4.87. The van der Waals surface area contributed by atoms with Crippen molar-refractivity contribution in [2.45, 2.75) is 10.4 Å². The van der Waals surface area contributed by atoms with Gasteiger partial charge in [0, 0.05) is 10.6 Å². The van der Waals surface area contributed by atoms with E-state index in [2.05, 4.69) is 20.6 Å². The van der Waals surface area contributed by atoms with Crippen molar-refractivity contribution in [3.63, 3.8) is 0 Å². The lowest BCUT2D eigenvalue weighted by Gasteiger charge is -2.09. The molecule has 1 aromatic heterocycles. The Balaban J connectivity index is 1.91. The Morgan fingerprint density at radius 2 is 1.65 bits per heavy atom. The Labute approximate surface area is 133 Å². The molecule has 0 saturated carbocycles. The van der Waals surface area contributed by atoms with Crippen LogP contribution in [0.2, 0.25) is 0 Å². The van der Waals surface area contributed by atoms with E-state index in [1.54, 1.807) is 0 Å². The number of halogens is 3. The van der Waals surface area contributed by atoms with Gasteiger partial charge in [0.2, 0.25) is 0 Å². The number of hydrogen-bond acceptors (Lipinski definition) is 5. The molecule has 0 spiro atoms. The molecular weight excluding hydrogens is 333 g/mol. The summed E-state index contributed by atoms with van der Waals surface area (Å²) in [5.74, 6) is 0. The highest BCUT2D eigenvalue weighted by atomic mass is 32.2. The van der Waals surface area contributed by atoms with E-state index in [1.807, 2.05) is 0 Å². The number of ether oxygens (including phenoxy) is 1. The molecule has 0 saturated heterocycles. The molecule has 0 aliphatic rings. The molecule has 122 valence electrons. The van der Waals surface area contributed by atoms with Gasteiger partial charge in [-0.3, -0.25) is 0 Å². The second kappa shape index (κ2) is 7.18. The number of thioether (sulfide) groups is 1.